The van der Waals surface area contributed by atoms with Gasteiger partial charge in [0, 0.05) is 49.4 Å². The van der Waals surface area contributed by atoms with Gasteiger partial charge in [-0.15, -0.1) is 0 Å². The van der Waals surface area contributed by atoms with Crippen LogP contribution >= 0.6 is 0 Å². The number of para-hydroxylation sites is 2. The third-order valence-electron chi connectivity index (χ3n) is 11.1. The summed E-state index contributed by atoms with van der Waals surface area (Å²) in [6.45, 7) is 7.64. The first-order valence-corrected chi connectivity index (χ1v) is 19.5. The summed E-state index contributed by atoms with van der Waals surface area (Å²) in [4.78, 5) is 18.8. The molecule has 7 heteroatoms. The number of furan rings is 1. The first-order chi connectivity index (χ1) is 29.6. The average Bonchev–Trinajstić information content (AvgIpc) is 3.86. The smallest absolute Gasteiger partial charge is 0.189 e. The second kappa shape index (κ2) is 14.1. The Hall–Kier alpha value is -8.65. The van der Waals surface area contributed by atoms with Crippen LogP contribution < -0.4 is 0 Å². The second-order valence-corrected chi connectivity index (χ2v) is 14.7. The van der Waals surface area contributed by atoms with Crippen LogP contribution in [0, 0.1) is 17.9 Å². The molecule has 0 saturated heterocycles. The van der Waals surface area contributed by atoms with Gasteiger partial charge in [-0.05, 0) is 89.5 Å². The molecule has 60 heavy (non-hydrogen) atoms. The molecule has 278 valence electrons. The molecule has 0 N–H and O–H groups in total. The Bertz CT molecular complexity index is 3480. The number of hydrogen-bond donors (Lipinski definition) is 0. The summed E-state index contributed by atoms with van der Waals surface area (Å²) in [5.41, 5.74) is 12.0. The molecule has 8 aromatic carbocycles. The number of nitriles is 1. The van der Waals surface area contributed by atoms with E-state index in [1.807, 2.05) is 91.0 Å². The molecule has 11 rings (SSSR count). The third-order valence-corrected chi connectivity index (χ3v) is 11.1. The van der Waals surface area contributed by atoms with Crippen molar-refractivity contribution in [3.63, 3.8) is 0 Å². The van der Waals surface area contributed by atoms with Gasteiger partial charge in [0.05, 0.1) is 29.4 Å². The Morgan fingerprint density at radius 2 is 1.07 bits per heavy atom. The lowest BCUT2D eigenvalue weighted by Crippen LogP contribution is -2.02. The Morgan fingerprint density at radius 3 is 1.80 bits per heavy atom. The van der Waals surface area contributed by atoms with E-state index in [9.17, 15) is 5.26 Å². The normalized spacial score (nSPS) is 11.3. The molecule has 0 unspecified atom stereocenters. The summed E-state index contributed by atoms with van der Waals surface area (Å²) in [5.74, 6) is 1.76. The van der Waals surface area contributed by atoms with Crippen LogP contribution in [0.2, 0.25) is 0 Å². The highest BCUT2D eigenvalue weighted by molar-refractivity contribution is 6.11. The van der Waals surface area contributed by atoms with Crippen LogP contribution in [0.4, 0.5) is 5.69 Å². The van der Waals surface area contributed by atoms with Gasteiger partial charge in [-0.3, -0.25) is 0 Å². The van der Waals surface area contributed by atoms with Crippen LogP contribution in [0.15, 0.2) is 186 Å². The van der Waals surface area contributed by atoms with Gasteiger partial charge in [0.1, 0.15) is 11.2 Å². The van der Waals surface area contributed by atoms with Crippen molar-refractivity contribution in [1.82, 2.24) is 19.5 Å². The molecule has 7 nitrogen and oxygen atoms in total. The van der Waals surface area contributed by atoms with Gasteiger partial charge in [-0.25, -0.2) is 19.8 Å². The molecule has 3 aromatic heterocycles. The predicted octanol–water partition coefficient (Wildman–Crippen LogP) is 13.6. The maximum atomic E-state index is 9.74. The Labute approximate surface area is 344 Å². The Morgan fingerprint density at radius 1 is 0.467 bits per heavy atom. The van der Waals surface area contributed by atoms with Gasteiger partial charge in [-0.1, -0.05) is 109 Å². The molecule has 0 saturated carbocycles. The average molecular weight is 767 g/mol. The first kappa shape index (κ1) is 34.6. The van der Waals surface area contributed by atoms with Gasteiger partial charge < -0.3 is 8.98 Å². The number of rotatable bonds is 6. The van der Waals surface area contributed by atoms with Gasteiger partial charge in [0.2, 0.25) is 0 Å². The molecule has 0 spiro atoms. The lowest BCUT2D eigenvalue weighted by atomic mass is 9.98. The zero-order valence-corrected chi connectivity index (χ0v) is 31.9. The van der Waals surface area contributed by atoms with Gasteiger partial charge in [0.25, 0.3) is 0 Å². The highest BCUT2D eigenvalue weighted by atomic mass is 16.3. The second-order valence-electron chi connectivity index (χ2n) is 14.7. The number of benzene rings is 8. The zero-order chi connectivity index (χ0) is 40.2. The van der Waals surface area contributed by atoms with Crippen molar-refractivity contribution in [1.29, 1.82) is 5.26 Å². The van der Waals surface area contributed by atoms with E-state index in [0.29, 0.717) is 28.7 Å². The van der Waals surface area contributed by atoms with Gasteiger partial charge in [0.15, 0.2) is 23.2 Å². The van der Waals surface area contributed by atoms with Crippen LogP contribution in [0.5, 0.6) is 0 Å². The number of nitrogens with zero attached hydrogens (tertiary/aromatic N) is 6. The van der Waals surface area contributed by atoms with E-state index in [-0.39, 0.29) is 0 Å². The van der Waals surface area contributed by atoms with Crippen LogP contribution in [-0.4, -0.2) is 19.5 Å². The Balaban J connectivity index is 1.17. The highest BCUT2D eigenvalue weighted by Gasteiger charge is 2.20. The minimum atomic E-state index is 0.434. The summed E-state index contributed by atoms with van der Waals surface area (Å²) in [6.07, 6.45) is 0. The fourth-order valence-corrected chi connectivity index (χ4v) is 8.25. The van der Waals surface area contributed by atoms with Crippen molar-refractivity contribution in [3.05, 3.63) is 199 Å². The minimum Gasteiger partial charge on any atom is -0.456 e. The van der Waals surface area contributed by atoms with Gasteiger partial charge in [-0.2, -0.15) is 5.26 Å². The van der Waals surface area contributed by atoms with Crippen molar-refractivity contribution in [3.8, 4) is 68.2 Å². The van der Waals surface area contributed by atoms with E-state index in [2.05, 4.69) is 100 Å². The van der Waals surface area contributed by atoms with Crippen molar-refractivity contribution in [2.24, 2.45) is 0 Å². The summed E-state index contributed by atoms with van der Waals surface area (Å²) >= 11 is 0. The lowest BCUT2D eigenvalue weighted by molar-refractivity contribution is 0.669. The quantitative estimate of drug-likeness (QED) is 0.157. The van der Waals surface area contributed by atoms with E-state index >= 15 is 0 Å². The van der Waals surface area contributed by atoms with E-state index in [0.717, 1.165) is 88.4 Å². The molecule has 0 aliphatic rings. The molecule has 0 atom stereocenters. The van der Waals surface area contributed by atoms with Crippen LogP contribution in [-0.2, 0) is 0 Å². The molecule has 0 radical (unpaired) electrons. The Kier molecular flexibility index (Phi) is 8.11. The SMILES string of the molecule is [C-]#[N+]c1cc(C#N)cc(-c2ccc3c(c2)c2ccccc2n3-c2ccc(-c3nc(-c4ccccc4)nc(-c4ccccc4)n3)cc2-c2ccc3oc4ccccc4c3c2)c1. The zero-order valence-electron chi connectivity index (χ0n) is 31.9. The molecule has 0 aliphatic carbocycles. The summed E-state index contributed by atoms with van der Waals surface area (Å²) in [7, 11) is 0. The molecule has 0 bridgehead atoms. The van der Waals surface area contributed by atoms with Crippen LogP contribution in [0.3, 0.4) is 0 Å². The molecule has 3 heterocycles. The van der Waals surface area contributed by atoms with Crippen molar-refractivity contribution < 1.29 is 4.42 Å². The van der Waals surface area contributed by atoms with Crippen molar-refractivity contribution in [2.45, 2.75) is 0 Å². The summed E-state index contributed by atoms with van der Waals surface area (Å²) < 4.78 is 8.59. The highest BCUT2D eigenvalue weighted by Crippen LogP contribution is 2.41. The first-order valence-electron chi connectivity index (χ1n) is 19.5. The van der Waals surface area contributed by atoms with E-state index in [1.54, 1.807) is 6.07 Å². The molecule has 11 aromatic rings. The van der Waals surface area contributed by atoms with Crippen molar-refractivity contribution >= 4 is 49.4 Å². The summed E-state index contributed by atoms with van der Waals surface area (Å²) in [6, 6.07) is 63.3. The number of hydrogen-bond acceptors (Lipinski definition) is 5. The minimum absolute atomic E-state index is 0.434. The molecule has 0 fully saturated rings. The summed E-state index contributed by atoms with van der Waals surface area (Å²) in [5, 5.41) is 14.0. The maximum absolute atomic E-state index is 9.74. The number of fused-ring (bicyclic) bond motifs is 6. The molecular formula is C53H30N6O. The van der Waals surface area contributed by atoms with Crippen molar-refractivity contribution in [2.75, 3.05) is 0 Å². The fraction of sp³-hybridized carbons (Fsp3) is 0. The van der Waals surface area contributed by atoms with Crippen LogP contribution in [0.25, 0.3) is 111 Å². The third kappa shape index (κ3) is 5.86. The molecule has 0 aliphatic heterocycles. The fourth-order valence-electron chi connectivity index (χ4n) is 8.25. The lowest BCUT2D eigenvalue weighted by Gasteiger charge is -2.16. The molecule has 0 amide bonds. The van der Waals surface area contributed by atoms with E-state index < -0.39 is 0 Å². The number of aromatic nitrogens is 4. The van der Waals surface area contributed by atoms with E-state index in [4.69, 9.17) is 25.9 Å². The monoisotopic (exact) mass is 766 g/mol. The van der Waals surface area contributed by atoms with E-state index in [1.165, 1.54) is 0 Å². The van der Waals surface area contributed by atoms with Crippen LogP contribution in [0.1, 0.15) is 5.56 Å². The predicted molar refractivity (Wildman–Crippen MR) is 240 cm³/mol. The topological polar surface area (TPSA) is 84.9 Å². The standard InChI is InChI=1S/C53H30N6O/c1-55-40-27-33(32-54)26-39(28-40)36-20-23-48-44(29-36)41-16-8-10-18-46(41)59(48)47-24-21-38(31-43(47)37-22-25-50-45(30-37)42-17-9-11-19-49(42)60-50)53-57-51(34-12-4-2-5-13-34)56-52(58-53)35-14-6-3-7-15-35/h2-31H. The largest absolute Gasteiger partial charge is 0.456 e. The molecular weight excluding hydrogens is 737 g/mol. The maximum Gasteiger partial charge on any atom is 0.189 e. The van der Waals surface area contributed by atoms with Gasteiger partial charge >= 0.3 is 0 Å².